The van der Waals surface area contributed by atoms with Crippen molar-refractivity contribution in [3.8, 4) is 0 Å². The summed E-state index contributed by atoms with van der Waals surface area (Å²) in [7, 11) is 0. The van der Waals surface area contributed by atoms with Crippen molar-refractivity contribution < 1.29 is 13.6 Å². The topological polar surface area (TPSA) is 57.8 Å². The molecule has 2 fully saturated rings. The lowest BCUT2D eigenvalue weighted by Gasteiger charge is -2.37. The molecule has 28 heavy (non-hydrogen) atoms. The summed E-state index contributed by atoms with van der Waals surface area (Å²) < 4.78 is 29.3. The van der Waals surface area contributed by atoms with E-state index in [9.17, 15) is 13.6 Å². The van der Waals surface area contributed by atoms with Gasteiger partial charge < -0.3 is 5.32 Å². The second kappa shape index (κ2) is 8.19. The van der Waals surface area contributed by atoms with E-state index in [0.29, 0.717) is 0 Å². The number of carbonyl (C=O) groups excluding carboxylic acids is 1. The minimum Gasteiger partial charge on any atom is -0.349 e. The van der Waals surface area contributed by atoms with E-state index >= 15 is 0 Å². The third-order valence-corrected chi connectivity index (χ3v) is 6.66. The molecule has 3 atom stereocenters. The molecule has 0 bridgehead atoms. The van der Waals surface area contributed by atoms with Crippen LogP contribution in [0.4, 0.5) is 8.78 Å². The largest absolute Gasteiger partial charge is 0.349 e. The number of aromatic amines is 1. The Kier molecular flexibility index (Phi) is 5.67. The number of amides is 1. The van der Waals surface area contributed by atoms with Crippen LogP contribution in [0.25, 0.3) is 0 Å². The average molecular weight is 408 g/mol. The van der Waals surface area contributed by atoms with Gasteiger partial charge in [0, 0.05) is 17.7 Å². The number of aromatic nitrogens is 2. The van der Waals surface area contributed by atoms with Gasteiger partial charge in [-0.1, -0.05) is 24.4 Å². The van der Waals surface area contributed by atoms with E-state index in [2.05, 4.69) is 15.5 Å². The molecular weight excluding hydrogens is 384 g/mol. The molecule has 0 spiro atoms. The molecule has 2 saturated carbocycles. The highest BCUT2D eigenvalue weighted by molar-refractivity contribution is 6.30. The van der Waals surface area contributed by atoms with Crippen molar-refractivity contribution >= 4 is 17.5 Å². The highest BCUT2D eigenvalue weighted by Crippen LogP contribution is 2.41. The molecule has 2 aromatic rings. The van der Waals surface area contributed by atoms with E-state index in [1.807, 2.05) is 6.20 Å². The lowest BCUT2D eigenvalue weighted by Crippen LogP contribution is -2.44. The van der Waals surface area contributed by atoms with Crippen molar-refractivity contribution in [2.24, 2.45) is 17.8 Å². The number of rotatable bonds is 6. The van der Waals surface area contributed by atoms with Crippen LogP contribution in [0.2, 0.25) is 5.02 Å². The number of nitrogens with one attached hydrogen (secondary N) is 2. The van der Waals surface area contributed by atoms with Gasteiger partial charge in [-0.05, 0) is 61.6 Å². The smallest absolute Gasteiger partial charge is 0.223 e. The molecule has 2 aliphatic carbocycles. The van der Waals surface area contributed by atoms with Crippen LogP contribution in [0, 0.1) is 29.4 Å². The molecule has 1 aromatic heterocycles. The maximum absolute atomic E-state index is 14.7. The van der Waals surface area contributed by atoms with Crippen LogP contribution in [0.3, 0.4) is 0 Å². The first-order chi connectivity index (χ1) is 13.5. The first-order valence-electron chi connectivity index (χ1n) is 9.96. The zero-order valence-corrected chi connectivity index (χ0v) is 16.3. The standard InChI is InChI=1S/C21H24ClF2N3O/c22-16-7-8-17(23)18(19(16)24)20(13-3-1-2-4-13)27-21(28)15-6-5-14(15)9-12-10-25-26-11-12/h7-8,10-11,13-15,20H,1-6,9H2,(H,25,26)(H,27,28)/t14-,15+,20-/m0/s1. The second-order valence-corrected chi connectivity index (χ2v) is 8.45. The molecule has 0 radical (unpaired) electrons. The summed E-state index contributed by atoms with van der Waals surface area (Å²) in [6.45, 7) is 0. The number of H-pyrrole nitrogens is 1. The Morgan fingerprint density at radius 2 is 2.04 bits per heavy atom. The van der Waals surface area contributed by atoms with Gasteiger partial charge in [0.1, 0.15) is 11.6 Å². The Morgan fingerprint density at radius 1 is 1.25 bits per heavy atom. The first kappa shape index (κ1) is 19.4. The van der Waals surface area contributed by atoms with Crippen molar-refractivity contribution in [2.45, 2.75) is 51.0 Å². The minimum atomic E-state index is -0.762. The van der Waals surface area contributed by atoms with Gasteiger partial charge in [-0.2, -0.15) is 5.10 Å². The summed E-state index contributed by atoms with van der Waals surface area (Å²) in [6, 6.07) is 1.72. The van der Waals surface area contributed by atoms with Crippen LogP contribution in [-0.2, 0) is 11.2 Å². The predicted octanol–water partition coefficient (Wildman–Crippen LogP) is 4.96. The van der Waals surface area contributed by atoms with Crippen molar-refractivity contribution in [2.75, 3.05) is 0 Å². The summed E-state index contributed by atoms with van der Waals surface area (Å²) in [4.78, 5) is 13.0. The molecule has 150 valence electrons. The van der Waals surface area contributed by atoms with Crippen molar-refractivity contribution in [3.63, 3.8) is 0 Å². The summed E-state index contributed by atoms with van der Waals surface area (Å²) in [5.41, 5.74) is 0.972. The molecule has 1 amide bonds. The van der Waals surface area contributed by atoms with Gasteiger partial charge in [0.25, 0.3) is 0 Å². The van der Waals surface area contributed by atoms with Crippen molar-refractivity contribution in [1.82, 2.24) is 15.5 Å². The number of hydrogen-bond acceptors (Lipinski definition) is 2. The Bertz CT molecular complexity index is 836. The third-order valence-electron chi connectivity index (χ3n) is 6.37. The van der Waals surface area contributed by atoms with Crippen LogP contribution >= 0.6 is 11.6 Å². The van der Waals surface area contributed by atoms with Gasteiger partial charge in [-0.25, -0.2) is 8.78 Å². The molecular formula is C21H24ClF2N3O. The van der Waals surface area contributed by atoms with E-state index in [1.165, 1.54) is 12.1 Å². The molecule has 7 heteroatoms. The normalized spacial score (nSPS) is 23.4. The van der Waals surface area contributed by atoms with Crippen LogP contribution < -0.4 is 5.32 Å². The lowest BCUT2D eigenvalue weighted by molar-refractivity contribution is -0.131. The SMILES string of the molecule is O=C(N[C@H](c1c(F)ccc(Cl)c1F)C1CCCC1)[C@@H]1CC[C@H]1Cc1cn[nH]c1. The number of nitrogens with zero attached hydrogens (tertiary/aromatic N) is 1. The summed E-state index contributed by atoms with van der Waals surface area (Å²) >= 11 is 5.91. The van der Waals surface area contributed by atoms with Gasteiger partial charge >= 0.3 is 0 Å². The van der Waals surface area contributed by atoms with E-state index in [1.54, 1.807) is 6.20 Å². The number of benzene rings is 1. The molecule has 0 saturated heterocycles. The summed E-state index contributed by atoms with van der Waals surface area (Å²) in [5, 5.41) is 9.62. The summed E-state index contributed by atoms with van der Waals surface area (Å²) in [6.07, 6.45) is 9.86. The molecule has 0 aliphatic heterocycles. The van der Waals surface area contributed by atoms with E-state index in [0.717, 1.165) is 50.5 Å². The van der Waals surface area contributed by atoms with Crippen LogP contribution in [0.15, 0.2) is 24.5 Å². The van der Waals surface area contributed by atoms with Gasteiger partial charge in [0.15, 0.2) is 0 Å². The number of carbonyl (C=O) groups is 1. The zero-order chi connectivity index (χ0) is 19.7. The van der Waals surface area contributed by atoms with Crippen LogP contribution in [0.5, 0.6) is 0 Å². The quantitative estimate of drug-likeness (QED) is 0.665. The molecule has 2 aliphatic rings. The molecule has 1 aromatic carbocycles. The fourth-order valence-electron chi connectivity index (χ4n) is 4.66. The molecule has 2 N–H and O–H groups in total. The highest BCUT2D eigenvalue weighted by Gasteiger charge is 2.40. The zero-order valence-electron chi connectivity index (χ0n) is 15.6. The Labute approximate surface area is 168 Å². The Hall–Kier alpha value is -1.95. The van der Waals surface area contributed by atoms with E-state index in [4.69, 9.17) is 11.6 Å². The fourth-order valence-corrected chi connectivity index (χ4v) is 4.82. The second-order valence-electron chi connectivity index (χ2n) is 8.04. The fraction of sp³-hybridized carbons (Fsp3) is 0.524. The maximum Gasteiger partial charge on any atom is 0.223 e. The highest BCUT2D eigenvalue weighted by atomic mass is 35.5. The van der Waals surface area contributed by atoms with Crippen LogP contribution in [0.1, 0.15) is 55.7 Å². The Balaban J connectivity index is 1.53. The van der Waals surface area contributed by atoms with Gasteiger partial charge in [-0.15, -0.1) is 0 Å². The Morgan fingerprint density at radius 3 is 2.68 bits per heavy atom. The predicted molar refractivity (Wildman–Crippen MR) is 103 cm³/mol. The molecule has 4 nitrogen and oxygen atoms in total. The minimum absolute atomic E-state index is 0.0267. The van der Waals surface area contributed by atoms with Crippen molar-refractivity contribution in [3.05, 3.63) is 52.3 Å². The lowest BCUT2D eigenvalue weighted by atomic mass is 9.70. The van der Waals surface area contributed by atoms with E-state index in [-0.39, 0.29) is 34.2 Å². The van der Waals surface area contributed by atoms with Gasteiger partial charge in [0.2, 0.25) is 5.91 Å². The number of hydrogen-bond donors (Lipinski definition) is 2. The maximum atomic E-state index is 14.7. The average Bonchev–Trinajstić information content (AvgIpc) is 3.35. The number of halogens is 3. The van der Waals surface area contributed by atoms with E-state index < -0.39 is 17.7 Å². The van der Waals surface area contributed by atoms with Crippen LogP contribution in [-0.4, -0.2) is 16.1 Å². The summed E-state index contributed by atoms with van der Waals surface area (Å²) in [5.74, 6) is -1.40. The monoisotopic (exact) mass is 407 g/mol. The van der Waals surface area contributed by atoms with Gasteiger partial charge in [0.05, 0.1) is 17.3 Å². The third kappa shape index (κ3) is 3.79. The first-order valence-corrected chi connectivity index (χ1v) is 10.3. The van der Waals surface area contributed by atoms with Gasteiger partial charge in [-0.3, -0.25) is 9.89 Å². The molecule has 0 unspecified atom stereocenters. The molecule has 4 rings (SSSR count). The van der Waals surface area contributed by atoms with Crippen molar-refractivity contribution in [1.29, 1.82) is 0 Å². The molecule has 1 heterocycles.